The van der Waals surface area contributed by atoms with Crippen LogP contribution in [0.1, 0.15) is 39.3 Å². The summed E-state index contributed by atoms with van der Waals surface area (Å²) in [5, 5.41) is 6.76. The summed E-state index contributed by atoms with van der Waals surface area (Å²) in [5.41, 5.74) is 0.249. The van der Waals surface area contributed by atoms with Gasteiger partial charge < -0.3 is 10.2 Å². The van der Waals surface area contributed by atoms with Gasteiger partial charge in [-0.3, -0.25) is 9.59 Å². The van der Waals surface area contributed by atoms with Crippen LogP contribution in [0.3, 0.4) is 0 Å². The number of nitrogens with zero attached hydrogens (tertiary/aromatic N) is 1. The van der Waals surface area contributed by atoms with Gasteiger partial charge >= 0.3 is 0 Å². The summed E-state index contributed by atoms with van der Waals surface area (Å²) in [5.74, 6) is -0.130. The van der Waals surface area contributed by atoms with Crippen LogP contribution < -0.4 is 5.32 Å². The fraction of sp³-hybridized carbons (Fsp3) is 0.538. The molecule has 18 heavy (non-hydrogen) atoms. The van der Waals surface area contributed by atoms with Gasteiger partial charge in [-0.1, -0.05) is 0 Å². The second kappa shape index (κ2) is 4.39. The minimum absolute atomic E-state index is 0.0340. The molecule has 0 aromatic carbocycles. The van der Waals surface area contributed by atoms with Crippen molar-refractivity contribution in [2.45, 2.75) is 45.3 Å². The standard InChI is InChI=1S/C13H18N2O2S/c1-8(10-5-6-18-7-10)15-9(2)11(16)14-13(3,4)12(15)17/h5-9H,1-4H3,(H,14,16). The molecule has 1 fully saturated rings. The first-order valence-corrected chi connectivity index (χ1v) is 6.96. The Morgan fingerprint density at radius 2 is 2.11 bits per heavy atom. The zero-order chi connectivity index (χ0) is 13.5. The smallest absolute Gasteiger partial charge is 0.248 e. The summed E-state index contributed by atoms with van der Waals surface area (Å²) in [6.45, 7) is 7.22. The number of rotatable bonds is 2. The number of thiophene rings is 1. The molecule has 2 amide bonds. The van der Waals surface area contributed by atoms with Crippen LogP contribution in [0.25, 0.3) is 0 Å². The monoisotopic (exact) mass is 266 g/mol. The van der Waals surface area contributed by atoms with Gasteiger partial charge in [-0.05, 0) is 50.1 Å². The number of hydrogen-bond acceptors (Lipinski definition) is 3. The first-order chi connectivity index (χ1) is 8.34. The molecule has 2 unspecified atom stereocenters. The molecule has 0 aliphatic carbocycles. The lowest BCUT2D eigenvalue weighted by molar-refractivity contribution is -0.155. The number of piperazine rings is 1. The SMILES string of the molecule is CC1C(=O)NC(C)(C)C(=O)N1C(C)c1ccsc1. The van der Waals surface area contributed by atoms with Crippen LogP contribution in [0.5, 0.6) is 0 Å². The lowest BCUT2D eigenvalue weighted by Crippen LogP contribution is -2.67. The van der Waals surface area contributed by atoms with E-state index in [-0.39, 0.29) is 17.9 Å². The number of nitrogens with one attached hydrogen (secondary N) is 1. The number of amides is 2. The highest BCUT2D eigenvalue weighted by Crippen LogP contribution is 2.29. The molecule has 2 atom stereocenters. The normalized spacial score (nSPS) is 24.9. The van der Waals surface area contributed by atoms with Crippen LogP contribution >= 0.6 is 11.3 Å². The van der Waals surface area contributed by atoms with Crippen LogP contribution in [0.4, 0.5) is 0 Å². The molecule has 0 radical (unpaired) electrons. The Bertz CT molecular complexity index is 467. The lowest BCUT2D eigenvalue weighted by atomic mass is 9.94. The summed E-state index contributed by atoms with van der Waals surface area (Å²) >= 11 is 1.60. The molecule has 1 N–H and O–H groups in total. The van der Waals surface area contributed by atoms with Crippen LogP contribution in [-0.2, 0) is 9.59 Å². The third-order valence-corrected chi connectivity index (χ3v) is 4.15. The molecule has 4 nitrogen and oxygen atoms in total. The van der Waals surface area contributed by atoms with Crippen molar-refractivity contribution in [2.24, 2.45) is 0 Å². The van der Waals surface area contributed by atoms with E-state index < -0.39 is 11.6 Å². The van der Waals surface area contributed by atoms with Gasteiger partial charge in [0.15, 0.2) is 0 Å². The average molecular weight is 266 g/mol. The van der Waals surface area contributed by atoms with Crippen LogP contribution in [0.2, 0.25) is 0 Å². The van der Waals surface area contributed by atoms with Crippen molar-refractivity contribution in [3.8, 4) is 0 Å². The summed E-state index contributed by atoms with van der Waals surface area (Å²) in [6, 6.07) is 1.49. The molecule has 1 aromatic rings. The highest BCUT2D eigenvalue weighted by Gasteiger charge is 2.45. The van der Waals surface area contributed by atoms with Gasteiger partial charge in [0.2, 0.25) is 11.8 Å². The Hall–Kier alpha value is -1.36. The van der Waals surface area contributed by atoms with E-state index in [0.717, 1.165) is 5.56 Å². The summed E-state index contributed by atoms with van der Waals surface area (Å²) < 4.78 is 0. The summed E-state index contributed by atoms with van der Waals surface area (Å²) in [6.07, 6.45) is 0. The Morgan fingerprint density at radius 3 is 2.67 bits per heavy atom. The zero-order valence-electron chi connectivity index (χ0n) is 11.1. The highest BCUT2D eigenvalue weighted by molar-refractivity contribution is 7.07. The first kappa shape index (κ1) is 13.1. The Morgan fingerprint density at radius 1 is 1.44 bits per heavy atom. The van der Waals surface area contributed by atoms with Gasteiger partial charge in [0, 0.05) is 0 Å². The van der Waals surface area contributed by atoms with E-state index in [9.17, 15) is 9.59 Å². The van der Waals surface area contributed by atoms with Crippen molar-refractivity contribution in [3.63, 3.8) is 0 Å². The van der Waals surface area contributed by atoms with Crippen molar-refractivity contribution in [1.82, 2.24) is 10.2 Å². The second-order valence-corrected chi connectivity index (χ2v) is 6.02. The van der Waals surface area contributed by atoms with E-state index in [1.165, 1.54) is 0 Å². The van der Waals surface area contributed by atoms with Crippen molar-refractivity contribution < 1.29 is 9.59 Å². The number of carbonyl (C=O) groups excluding carboxylic acids is 2. The highest BCUT2D eigenvalue weighted by atomic mass is 32.1. The maximum Gasteiger partial charge on any atom is 0.248 e. The van der Waals surface area contributed by atoms with Gasteiger partial charge in [-0.25, -0.2) is 0 Å². The number of hydrogen-bond donors (Lipinski definition) is 1. The topological polar surface area (TPSA) is 49.4 Å². The summed E-state index contributed by atoms with van der Waals surface area (Å²) in [7, 11) is 0. The lowest BCUT2D eigenvalue weighted by Gasteiger charge is -2.44. The third kappa shape index (κ3) is 2.03. The maximum absolute atomic E-state index is 12.5. The minimum atomic E-state index is -0.826. The summed E-state index contributed by atoms with van der Waals surface area (Å²) in [4.78, 5) is 26.1. The molecular formula is C13H18N2O2S. The predicted octanol–water partition coefficient (Wildman–Crippen LogP) is 1.93. The van der Waals surface area contributed by atoms with Crippen LogP contribution in [-0.4, -0.2) is 28.3 Å². The predicted molar refractivity (Wildman–Crippen MR) is 71.3 cm³/mol. The van der Waals surface area contributed by atoms with Crippen molar-refractivity contribution >= 4 is 23.2 Å². The maximum atomic E-state index is 12.5. The van der Waals surface area contributed by atoms with Gasteiger partial charge in [0.25, 0.3) is 0 Å². The van der Waals surface area contributed by atoms with Gasteiger partial charge in [0.1, 0.15) is 11.6 Å². The molecule has 0 bridgehead atoms. The average Bonchev–Trinajstić information content (AvgIpc) is 2.79. The van der Waals surface area contributed by atoms with E-state index in [2.05, 4.69) is 5.32 Å². The Kier molecular flexibility index (Phi) is 3.19. The van der Waals surface area contributed by atoms with E-state index in [1.807, 2.05) is 23.8 Å². The van der Waals surface area contributed by atoms with Crippen molar-refractivity contribution in [1.29, 1.82) is 0 Å². The molecular weight excluding hydrogens is 248 g/mol. The minimum Gasteiger partial charge on any atom is -0.340 e. The van der Waals surface area contributed by atoms with Crippen molar-refractivity contribution in [2.75, 3.05) is 0 Å². The molecule has 5 heteroatoms. The zero-order valence-corrected chi connectivity index (χ0v) is 11.9. The van der Waals surface area contributed by atoms with Gasteiger partial charge in [-0.15, -0.1) is 0 Å². The molecule has 2 rings (SSSR count). The van der Waals surface area contributed by atoms with E-state index in [0.29, 0.717) is 0 Å². The largest absolute Gasteiger partial charge is 0.340 e. The Balaban J connectivity index is 2.34. The van der Waals surface area contributed by atoms with Crippen LogP contribution in [0, 0.1) is 0 Å². The van der Waals surface area contributed by atoms with Gasteiger partial charge in [0.05, 0.1) is 6.04 Å². The number of carbonyl (C=O) groups is 2. The molecule has 0 spiro atoms. The van der Waals surface area contributed by atoms with E-state index in [1.54, 1.807) is 37.0 Å². The molecule has 1 aliphatic rings. The Labute approximate surface area is 111 Å². The van der Waals surface area contributed by atoms with Crippen molar-refractivity contribution in [3.05, 3.63) is 22.4 Å². The molecule has 2 heterocycles. The van der Waals surface area contributed by atoms with Gasteiger partial charge in [-0.2, -0.15) is 11.3 Å². The molecule has 0 saturated carbocycles. The molecule has 1 aromatic heterocycles. The van der Waals surface area contributed by atoms with E-state index in [4.69, 9.17) is 0 Å². The third-order valence-electron chi connectivity index (χ3n) is 3.44. The van der Waals surface area contributed by atoms with Crippen LogP contribution in [0.15, 0.2) is 16.8 Å². The fourth-order valence-electron chi connectivity index (χ4n) is 2.28. The van der Waals surface area contributed by atoms with E-state index >= 15 is 0 Å². The first-order valence-electron chi connectivity index (χ1n) is 6.01. The molecule has 1 saturated heterocycles. The fourth-order valence-corrected chi connectivity index (χ4v) is 3.02. The molecule has 98 valence electrons. The molecule has 1 aliphatic heterocycles. The second-order valence-electron chi connectivity index (χ2n) is 5.24. The quantitative estimate of drug-likeness (QED) is 0.889.